The predicted octanol–water partition coefficient (Wildman–Crippen LogP) is 0.823. The lowest BCUT2D eigenvalue weighted by Crippen LogP contribution is -2.30. The van der Waals surface area contributed by atoms with Gasteiger partial charge in [0.25, 0.3) is 5.91 Å². The fourth-order valence-corrected chi connectivity index (χ4v) is 1.95. The van der Waals surface area contributed by atoms with Gasteiger partial charge in [-0.25, -0.2) is 0 Å². The maximum atomic E-state index is 11.9. The van der Waals surface area contributed by atoms with Crippen LogP contribution >= 0.6 is 0 Å². The molecular weight excluding hydrogens is 218 g/mol. The minimum absolute atomic E-state index is 0.00278. The lowest BCUT2D eigenvalue weighted by atomic mass is 9.90. The highest BCUT2D eigenvalue weighted by Gasteiger charge is 2.23. The Labute approximate surface area is 101 Å². The molecule has 3 N–H and O–H groups in total. The van der Waals surface area contributed by atoms with Gasteiger partial charge < -0.3 is 15.6 Å². The first-order valence-corrected chi connectivity index (χ1v) is 5.42. The van der Waals surface area contributed by atoms with Crippen LogP contribution in [0.5, 0.6) is 0 Å². The van der Waals surface area contributed by atoms with Gasteiger partial charge in [0.2, 0.25) is 0 Å². The number of pyridine rings is 1. The Hall–Kier alpha value is -1.78. The summed E-state index contributed by atoms with van der Waals surface area (Å²) in [5.41, 5.74) is 5.55. The summed E-state index contributed by atoms with van der Waals surface area (Å²) in [4.78, 5) is 23.2. The number of hydrogen-bond acceptors (Lipinski definition) is 3. The summed E-state index contributed by atoms with van der Waals surface area (Å²) in [6, 6.07) is 1.47. The average molecular weight is 237 g/mol. The van der Waals surface area contributed by atoms with Crippen LogP contribution in [0.2, 0.25) is 0 Å². The van der Waals surface area contributed by atoms with Crippen molar-refractivity contribution in [1.29, 1.82) is 0 Å². The number of amides is 1. The monoisotopic (exact) mass is 237 g/mol. The number of primary amides is 1. The van der Waals surface area contributed by atoms with Crippen LogP contribution in [0.15, 0.2) is 10.9 Å². The van der Waals surface area contributed by atoms with Gasteiger partial charge in [0, 0.05) is 31.3 Å². The molecule has 0 unspecified atom stereocenters. The minimum Gasteiger partial charge on any atom is -0.374 e. The topological polar surface area (TPSA) is 77.1 Å². The second-order valence-electron chi connectivity index (χ2n) is 5.04. The number of carbonyl (C=O) groups excluding carboxylic acids is 1. The van der Waals surface area contributed by atoms with Gasteiger partial charge in [-0.15, -0.1) is 0 Å². The normalized spacial score (nSPS) is 11.4. The van der Waals surface area contributed by atoms with Crippen molar-refractivity contribution in [1.82, 2.24) is 4.57 Å². The van der Waals surface area contributed by atoms with E-state index in [1.54, 1.807) is 18.7 Å². The Morgan fingerprint density at radius 3 is 2.29 bits per heavy atom. The highest BCUT2D eigenvalue weighted by atomic mass is 16.2. The first-order chi connectivity index (χ1) is 7.70. The van der Waals surface area contributed by atoms with Gasteiger partial charge >= 0.3 is 0 Å². The fraction of sp³-hybridized carbons (Fsp3) is 0.500. The maximum absolute atomic E-state index is 11.9. The second-order valence-corrected chi connectivity index (χ2v) is 5.04. The molecule has 17 heavy (non-hydrogen) atoms. The van der Waals surface area contributed by atoms with Gasteiger partial charge in [-0.1, -0.05) is 20.8 Å². The van der Waals surface area contributed by atoms with Crippen molar-refractivity contribution >= 4 is 11.7 Å². The molecule has 0 saturated heterocycles. The van der Waals surface area contributed by atoms with E-state index in [4.69, 9.17) is 5.73 Å². The lowest BCUT2D eigenvalue weighted by Gasteiger charge is -2.25. The zero-order valence-corrected chi connectivity index (χ0v) is 10.9. The van der Waals surface area contributed by atoms with Crippen molar-refractivity contribution in [2.75, 3.05) is 12.4 Å². The second kappa shape index (κ2) is 4.24. The largest absolute Gasteiger partial charge is 0.374 e. The minimum atomic E-state index is -0.713. The molecule has 0 radical (unpaired) electrons. The molecule has 0 fully saturated rings. The van der Waals surface area contributed by atoms with Crippen LogP contribution in [-0.2, 0) is 12.5 Å². The highest BCUT2D eigenvalue weighted by Crippen LogP contribution is 2.24. The van der Waals surface area contributed by atoms with E-state index >= 15 is 0 Å². The molecule has 5 nitrogen and oxygen atoms in total. The molecule has 0 bridgehead atoms. The molecule has 1 aromatic heterocycles. The fourth-order valence-electron chi connectivity index (χ4n) is 1.95. The van der Waals surface area contributed by atoms with Gasteiger partial charge in [-0.2, -0.15) is 0 Å². The van der Waals surface area contributed by atoms with E-state index in [0.29, 0.717) is 5.82 Å². The molecule has 1 rings (SSSR count). The Kier molecular flexibility index (Phi) is 3.31. The van der Waals surface area contributed by atoms with Crippen LogP contribution in [0.3, 0.4) is 0 Å². The average Bonchev–Trinajstić information content (AvgIpc) is 2.17. The summed E-state index contributed by atoms with van der Waals surface area (Å²) in [7, 11) is 3.46. The van der Waals surface area contributed by atoms with E-state index < -0.39 is 5.91 Å². The number of anilines is 1. The van der Waals surface area contributed by atoms with E-state index in [1.165, 1.54) is 6.07 Å². The van der Waals surface area contributed by atoms with Crippen LogP contribution in [0.4, 0.5) is 5.82 Å². The van der Waals surface area contributed by atoms with Crippen LogP contribution in [0.1, 0.15) is 36.8 Å². The smallest absolute Gasteiger partial charge is 0.256 e. The standard InChI is InChI=1S/C12H19N3O2/c1-12(2,3)8-6-7(16)9(10(13)17)11(14-4)15(8)5/h6,14H,1-5H3,(H2,13,17). The summed E-state index contributed by atoms with van der Waals surface area (Å²) >= 11 is 0. The van der Waals surface area contributed by atoms with E-state index in [1.807, 2.05) is 20.8 Å². The zero-order valence-electron chi connectivity index (χ0n) is 10.9. The summed E-state index contributed by atoms with van der Waals surface area (Å²) < 4.78 is 1.79. The van der Waals surface area contributed by atoms with Crippen LogP contribution in [0, 0.1) is 0 Å². The number of aromatic nitrogens is 1. The molecule has 0 atom stereocenters. The van der Waals surface area contributed by atoms with Gasteiger partial charge in [-0.3, -0.25) is 9.59 Å². The van der Waals surface area contributed by atoms with E-state index in [9.17, 15) is 9.59 Å². The number of carbonyl (C=O) groups is 1. The molecule has 1 aromatic rings. The highest BCUT2D eigenvalue weighted by molar-refractivity contribution is 5.97. The quantitative estimate of drug-likeness (QED) is 0.799. The first-order valence-electron chi connectivity index (χ1n) is 5.42. The molecule has 0 aliphatic heterocycles. The van der Waals surface area contributed by atoms with Gasteiger partial charge in [-0.05, 0) is 0 Å². The van der Waals surface area contributed by atoms with E-state index in [-0.39, 0.29) is 16.4 Å². The zero-order chi connectivity index (χ0) is 13.4. The molecule has 0 aromatic carbocycles. The number of nitrogens with one attached hydrogen (secondary N) is 1. The van der Waals surface area contributed by atoms with Crippen molar-refractivity contribution < 1.29 is 4.79 Å². The molecule has 1 heterocycles. The number of hydrogen-bond donors (Lipinski definition) is 2. The molecule has 1 amide bonds. The van der Waals surface area contributed by atoms with Crippen LogP contribution in [-0.4, -0.2) is 17.5 Å². The summed E-state index contributed by atoms with van der Waals surface area (Å²) in [5, 5.41) is 2.86. The predicted molar refractivity (Wildman–Crippen MR) is 68.4 cm³/mol. The number of nitrogens with zero attached hydrogens (tertiary/aromatic N) is 1. The Bertz CT molecular complexity index is 510. The van der Waals surface area contributed by atoms with Crippen molar-refractivity contribution in [3.05, 3.63) is 27.5 Å². The Morgan fingerprint density at radius 2 is 1.94 bits per heavy atom. The lowest BCUT2D eigenvalue weighted by molar-refractivity contribution is 0.0999. The molecule has 5 heteroatoms. The van der Waals surface area contributed by atoms with Crippen molar-refractivity contribution in [2.45, 2.75) is 26.2 Å². The third-order valence-electron chi connectivity index (χ3n) is 2.70. The SMILES string of the molecule is CNc1c(C(N)=O)c(=O)cc(C(C)(C)C)n1C. The third kappa shape index (κ3) is 2.33. The molecule has 0 aliphatic carbocycles. The molecule has 94 valence electrons. The van der Waals surface area contributed by atoms with E-state index in [0.717, 1.165) is 5.69 Å². The molecule has 0 spiro atoms. The van der Waals surface area contributed by atoms with E-state index in [2.05, 4.69) is 5.32 Å². The van der Waals surface area contributed by atoms with Crippen molar-refractivity contribution in [3.63, 3.8) is 0 Å². The maximum Gasteiger partial charge on any atom is 0.256 e. The molecular formula is C12H19N3O2. The first kappa shape index (κ1) is 13.3. The van der Waals surface area contributed by atoms with Gasteiger partial charge in [0.1, 0.15) is 11.4 Å². The van der Waals surface area contributed by atoms with Crippen molar-refractivity contribution in [3.8, 4) is 0 Å². The summed E-state index contributed by atoms with van der Waals surface area (Å²) in [6.45, 7) is 6.02. The molecule has 0 aliphatic rings. The number of rotatable bonds is 2. The Balaban J connectivity index is 3.71. The van der Waals surface area contributed by atoms with Gasteiger partial charge in [0.15, 0.2) is 5.43 Å². The summed E-state index contributed by atoms with van der Waals surface area (Å²) in [5.74, 6) is -0.259. The van der Waals surface area contributed by atoms with Crippen LogP contribution in [0.25, 0.3) is 0 Å². The van der Waals surface area contributed by atoms with Crippen LogP contribution < -0.4 is 16.5 Å². The third-order valence-corrected chi connectivity index (χ3v) is 2.70. The molecule has 0 saturated carbocycles. The van der Waals surface area contributed by atoms with Gasteiger partial charge in [0.05, 0.1) is 0 Å². The Morgan fingerprint density at radius 1 is 1.41 bits per heavy atom. The summed E-state index contributed by atoms with van der Waals surface area (Å²) in [6.07, 6.45) is 0. The van der Waals surface area contributed by atoms with Crippen molar-refractivity contribution in [2.24, 2.45) is 12.8 Å². The number of nitrogens with two attached hydrogens (primary N) is 1.